The van der Waals surface area contributed by atoms with Crippen molar-refractivity contribution in [2.75, 3.05) is 26.3 Å². The number of carbonyl (C=O) groups excluding carboxylic acids is 2. The van der Waals surface area contributed by atoms with Gasteiger partial charge in [-0.3, -0.25) is 4.79 Å². The molecule has 1 aromatic carbocycles. The van der Waals surface area contributed by atoms with E-state index in [0.29, 0.717) is 31.9 Å². The number of ether oxygens (including phenoxy) is 2. The van der Waals surface area contributed by atoms with Crippen LogP contribution in [-0.4, -0.2) is 48.1 Å². The van der Waals surface area contributed by atoms with Crippen LogP contribution < -0.4 is 0 Å². The summed E-state index contributed by atoms with van der Waals surface area (Å²) in [6.07, 6.45) is 0.664. The highest BCUT2D eigenvalue weighted by Gasteiger charge is 2.31. The maximum atomic E-state index is 12.8. The molecule has 0 saturated carbocycles. The number of hydrogen-bond acceptors (Lipinski definition) is 4. The van der Waals surface area contributed by atoms with Crippen LogP contribution in [0.25, 0.3) is 0 Å². The smallest absolute Gasteiger partial charge is 0.355 e. The number of benzene rings is 1. The van der Waals surface area contributed by atoms with Gasteiger partial charge in [-0.15, -0.1) is 0 Å². The van der Waals surface area contributed by atoms with E-state index in [1.807, 2.05) is 18.2 Å². The Labute approximate surface area is 147 Å². The lowest BCUT2D eigenvalue weighted by Crippen LogP contribution is -2.44. The van der Waals surface area contributed by atoms with Gasteiger partial charge >= 0.3 is 5.97 Å². The molecule has 3 rings (SSSR count). The zero-order chi connectivity index (χ0) is 16.9. The van der Waals surface area contributed by atoms with Crippen LogP contribution in [0, 0.1) is 0 Å². The van der Waals surface area contributed by atoms with Crippen LogP contribution in [-0.2, 0) is 14.3 Å². The number of aromatic nitrogens is 1. The molecule has 6 nitrogen and oxygen atoms in total. The van der Waals surface area contributed by atoms with E-state index in [2.05, 4.69) is 20.9 Å². The summed E-state index contributed by atoms with van der Waals surface area (Å²) in [5.41, 5.74) is 0.936. The number of aromatic amines is 1. The molecule has 1 amide bonds. The molecule has 1 N–H and O–H groups in total. The molecule has 7 heteroatoms. The fourth-order valence-electron chi connectivity index (χ4n) is 2.49. The van der Waals surface area contributed by atoms with E-state index in [1.165, 1.54) is 0 Å². The molecule has 24 heavy (non-hydrogen) atoms. The number of hydrogen-bond donors (Lipinski definition) is 1. The maximum absolute atomic E-state index is 12.8. The Morgan fingerprint density at radius 1 is 1.21 bits per heavy atom. The first-order valence-corrected chi connectivity index (χ1v) is 8.41. The Balaban J connectivity index is 1.82. The topological polar surface area (TPSA) is 71.6 Å². The summed E-state index contributed by atoms with van der Waals surface area (Å²) < 4.78 is 11.5. The second-order valence-corrected chi connectivity index (χ2v) is 6.28. The third-order valence-corrected chi connectivity index (χ3v) is 4.20. The van der Waals surface area contributed by atoms with Crippen molar-refractivity contribution in [3.8, 4) is 0 Å². The number of nitrogens with one attached hydrogen (secondary N) is 1. The highest BCUT2D eigenvalue weighted by molar-refractivity contribution is 9.10. The summed E-state index contributed by atoms with van der Waals surface area (Å²) in [5.74, 6) is -0.806. The Morgan fingerprint density at radius 2 is 1.92 bits per heavy atom. The average Bonchev–Trinajstić information content (AvgIpc) is 3.07. The average molecular weight is 393 g/mol. The van der Waals surface area contributed by atoms with Gasteiger partial charge in [0.1, 0.15) is 5.69 Å². The van der Waals surface area contributed by atoms with E-state index in [-0.39, 0.29) is 11.6 Å². The molecule has 2 aromatic rings. The molecular weight excluding hydrogens is 376 g/mol. The van der Waals surface area contributed by atoms with Crippen molar-refractivity contribution < 1.29 is 19.1 Å². The van der Waals surface area contributed by atoms with Gasteiger partial charge in [0.15, 0.2) is 0 Å². The predicted molar refractivity (Wildman–Crippen MR) is 90.5 cm³/mol. The first kappa shape index (κ1) is 16.7. The highest BCUT2D eigenvalue weighted by atomic mass is 79.9. The van der Waals surface area contributed by atoms with Crippen molar-refractivity contribution in [2.45, 2.75) is 6.10 Å². The van der Waals surface area contributed by atoms with Crippen molar-refractivity contribution >= 4 is 27.8 Å². The minimum atomic E-state index is -0.973. The minimum absolute atomic E-state index is 0.233. The number of nitrogens with zero attached hydrogens (tertiary/aromatic N) is 1. The summed E-state index contributed by atoms with van der Waals surface area (Å²) in [5, 5.41) is 0. The Bertz CT molecular complexity index is 710. The molecule has 2 heterocycles. The highest BCUT2D eigenvalue weighted by Crippen LogP contribution is 2.23. The quantitative estimate of drug-likeness (QED) is 0.811. The first-order valence-electron chi connectivity index (χ1n) is 7.61. The zero-order valence-corrected chi connectivity index (χ0v) is 14.5. The van der Waals surface area contributed by atoms with E-state index in [4.69, 9.17) is 9.47 Å². The summed E-state index contributed by atoms with van der Waals surface area (Å²) >= 11 is 3.28. The molecule has 0 bridgehead atoms. The zero-order valence-electron chi connectivity index (χ0n) is 12.9. The molecule has 0 aliphatic carbocycles. The van der Waals surface area contributed by atoms with Crippen LogP contribution in [0.2, 0.25) is 0 Å². The summed E-state index contributed by atoms with van der Waals surface area (Å²) in [6.45, 7) is 1.97. The Hall–Kier alpha value is -2.12. The number of rotatable bonds is 4. The third-order valence-electron chi connectivity index (χ3n) is 3.74. The van der Waals surface area contributed by atoms with Crippen LogP contribution in [0.4, 0.5) is 0 Å². The van der Waals surface area contributed by atoms with Crippen molar-refractivity contribution in [1.29, 1.82) is 0 Å². The number of esters is 1. The van der Waals surface area contributed by atoms with E-state index in [0.717, 1.165) is 4.47 Å². The second-order valence-electron chi connectivity index (χ2n) is 5.37. The SMILES string of the molecule is O=C(O[C@H](C(=O)N1CCOCC1)c1ccccc1)c1cc(Br)c[nH]1. The van der Waals surface area contributed by atoms with Crippen molar-refractivity contribution in [3.05, 3.63) is 58.3 Å². The lowest BCUT2D eigenvalue weighted by Gasteiger charge is -2.30. The lowest BCUT2D eigenvalue weighted by molar-refractivity contribution is -0.145. The predicted octanol–water partition coefficient (Wildman–Crippen LogP) is 2.53. The number of carbonyl (C=O) groups is 2. The molecule has 1 atom stereocenters. The van der Waals surface area contributed by atoms with Crippen molar-refractivity contribution in [3.63, 3.8) is 0 Å². The molecule has 0 unspecified atom stereocenters. The van der Waals surface area contributed by atoms with Gasteiger partial charge < -0.3 is 19.4 Å². The number of amides is 1. The monoisotopic (exact) mass is 392 g/mol. The van der Waals surface area contributed by atoms with Crippen LogP contribution >= 0.6 is 15.9 Å². The first-order chi connectivity index (χ1) is 11.6. The molecule has 1 aromatic heterocycles. The van der Waals surface area contributed by atoms with Crippen molar-refractivity contribution in [1.82, 2.24) is 9.88 Å². The molecule has 0 radical (unpaired) electrons. The third kappa shape index (κ3) is 3.85. The van der Waals surface area contributed by atoms with Gasteiger partial charge in [0.25, 0.3) is 5.91 Å². The number of morpholine rings is 1. The standard InChI is InChI=1S/C17H17BrN2O4/c18-13-10-14(19-11-13)17(22)24-15(12-4-2-1-3-5-12)16(21)20-6-8-23-9-7-20/h1-5,10-11,15,19H,6-9H2/t15-/m0/s1. The molecule has 126 valence electrons. The van der Waals surface area contributed by atoms with Gasteiger partial charge in [-0.2, -0.15) is 0 Å². The summed E-state index contributed by atoms with van der Waals surface area (Å²) in [6, 6.07) is 10.6. The molecule has 0 spiro atoms. The van der Waals surface area contributed by atoms with Gasteiger partial charge in [-0.25, -0.2) is 4.79 Å². The van der Waals surface area contributed by atoms with Crippen molar-refractivity contribution in [2.24, 2.45) is 0 Å². The molecule has 1 fully saturated rings. The largest absolute Gasteiger partial charge is 0.443 e. The van der Waals surface area contributed by atoms with E-state index >= 15 is 0 Å². The number of halogens is 1. The van der Waals surface area contributed by atoms with Crippen LogP contribution in [0.3, 0.4) is 0 Å². The molecule has 1 saturated heterocycles. The van der Waals surface area contributed by atoms with E-state index < -0.39 is 12.1 Å². The fraction of sp³-hybridized carbons (Fsp3) is 0.294. The minimum Gasteiger partial charge on any atom is -0.443 e. The molecule has 1 aliphatic rings. The normalized spacial score (nSPS) is 15.8. The van der Waals surface area contributed by atoms with Gasteiger partial charge in [-0.1, -0.05) is 30.3 Å². The van der Waals surface area contributed by atoms with Crippen LogP contribution in [0.1, 0.15) is 22.2 Å². The van der Waals surface area contributed by atoms with E-state index in [1.54, 1.807) is 29.3 Å². The number of H-pyrrole nitrogens is 1. The Morgan fingerprint density at radius 3 is 2.54 bits per heavy atom. The Kier molecular flexibility index (Phi) is 5.32. The van der Waals surface area contributed by atoms with E-state index in [9.17, 15) is 9.59 Å². The molecule has 1 aliphatic heterocycles. The van der Waals surface area contributed by atoms with Gasteiger partial charge in [0.05, 0.1) is 13.2 Å². The maximum Gasteiger partial charge on any atom is 0.355 e. The second kappa shape index (κ2) is 7.63. The fourth-order valence-corrected chi connectivity index (χ4v) is 2.84. The van der Waals surface area contributed by atoms with Gasteiger partial charge in [-0.05, 0) is 22.0 Å². The van der Waals surface area contributed by atoms with Gasteiger partial charge in [0, 0.05) is 29.3 Å². The van der Waals surface area contributed by atoms with Crippen LogP contribution in [0.5, 0.6) is 0 Å². The summed E-state index contributed by atoms with van der Waals surface area (Å²) in [4.78, 5) is 29.7. The lowest BCUT2D eigenvalue weighted by atomic mass is 10.1. The molecular formula is C17H17BrN2O4. The van der Waals surface area contributed by atoms with Crippen LogP contribution in [0.15, 0.2) is 47.1 Å². The summed E-state index contributed by atoms with van der Waals surface area (Å²) in [7, 11) is 0. The van der Waals surface area contributed by atoms with Gasteiger partial charge in [0.2, 0.25) is 6.10 Å².